The summed E-state index contributed by atoms with van der Waals surface area (Å²) in [6.45, 7) is 6.98. The number of Topliss-reactive ketones (excluding diaryl/α,β-unsaturated/α-hetero) is 1. The second kappa shape index (κ2) is 6.17. The first kappa shape index (κ1) is 14.6. The molecule has 3 fully saturated rings. The standard InChI is InChI=1S/C18H31NO/c1-13(2)15-7-8-18(20)16(11-15)12-19-10-9-14-5-3-4-6-17(14)19/h13-17H,3-12H2,1-2H3. The quantitative estimate of drug-likeness (QED) is 0.780. The van der Waals surface area contributed by atoms with E-state index < -0.39 is 0 Å². The maximum Gasteiger partial charge on any atom is 0.137 e. The van der Waals surface area contributed by atoms with Crippen molar-refractivity contribution in [3.8, 4) is 0 Å². The van der Waals surface area contributed by atoms with Crippen LogP contribution in [0, 0.1) is 23.7 Å². The maximum absolute atomic E-state index is 12.3. The first-order valence-corrected chi connectivity index (χ1v) is 8.92. The number of nitrogens with zero attached hydrogens (tertiary/aromatic N) is 1. The van der Waals surface area contributed by atoms with E-state index in [1.54, 1.807) is 0 Å². The Labute approximate surface area is 124 Å². The molecule has 1 aliphatic heterocycles. The topological polar surface area (TPSA) is 20.3 Å². The molecule has 0 aromatic rings. The van der Waals surface area contributed by atoms with Gasteiger partial charge in [-0.2, -0.15) is 0 Å². The maximum atomic E-state index is 12.3. The number of hydrogen-bond donors (Lipinski definition) is 0. The Morgan fingerprint density at radius 1 is 1.15 bits per heavy atom. The second-order valence-electron chi connectivity index (χ2n) is 7.84. The SMILES string of the molecule is CC(C)C1CCC(=O)C(CN2CCC3CCCCC32)C1. The van der Waals surface area contributed by atoms with Crippen LogP contribution in [0.4, 0.5) is 0 Å². The van der Waals surface area contributed by atoms with Gasteiger partial charge in [0.1, 0.15) is 5.78 Å². The number of rotatable bonds is 3. The van der Waals surface area contributed by atoms with Crippen molar-refractivity contribution in [3.63, 3.8) is 0 Å². The molecule has 0 radical (unpaired) electrons. The van der Waals surface area contributed by atoms with E-state index >= 15 is 0 Å². The number of carbonyl (C=O) groups excluding carboxylic acids is 1. The van der Waals surface area contributed by atoms with Gasteiger partial charge >= 0.3 is 0 Å². The average molecular weight is 277 g/mol. The van der Waals surface area contributed by atoms with Crippen molar-refractivity contribution in [3.05, 3.63) is 0 Å². The first-order valence-electron chi connectivity index (χ1n) is 8.92. The Morgan fingerprint density at radius 3 is 2.75 bits per heavy atom. The number of fused-ring (bicyclic) bond motifs is 1. The minimum Gasteiger partial charge on any atom is -0.299 e. The van der Waals surface area contributed by atoms with Crippen molar-refractivity contribution in [2.75, 3.05) is 13.1 Å². The summed E-state index contributed by atoms with van der Waals surface area (Å²) in [7, 11) is 0. The highest BCUT2D eigenvalue weighted by Gasteiger charge is 2.38. The summed E-state index contributed by atoms with van der Waals surface area (Å²) >= 11 is 0. The van der Waals surface area contributed by atoms with E-state index in [9.17, 15) is 4.79 Å². The minimum atomic E-state index is 0.344. The summed E-state index contributed by atoms with van der Waals surface area (Å²) in [4.78, 5) is 15.0. The van der Waals surface area contributed by atoms with E-state index in [1.165, 1.54) is 38.6 Å². The van der Waals surface area contributed by atoms with Crippen molar-refractivity contribution in [2.45, 2.75) is 71.3 Å². The highest BCUT2D eigenvalue weighted by Crippen LogP contribution is 2.38. The van der Waals surface area contributed by atoms with Crippen LogP contribution in [0.3, 0.4) is 0 Å². The Hall–Kier alpha value is -0.370. The third-order valence-corrected chi connectivity index (χ3v) is 6.33. The molecular weight excluding hydrogens is 246 g/mol. The molecule has 3 aliphatic rings. The van der Waals surface area contributed by atoms with Crippen LogP contribution in [0.25, 0.3) is 0 Å². The zero-order valence-corrected chi connectivity index (χ0v) is 13.3. The van der Waals surface area contributed by atoms with Gasteiger partial charge in [0.05, 0.1) is 0 Å². The van der Waals surface area contributed by atoms with Crippen LogP contribution in [0.15, 0.2) is 0 Å². The molecule has 0 bridgehead atoms. The largest absolute Gasteiger partial charge is 0.299 e. The third-order valence-electron chi connectivity index (χ3n) is 6.33. The summed E-state index contributed by atoms with van der Waals surface area (Å²) in [5, 5.41) is 0. The number of carbonyl (C=O) groups is 1. The molecule has 2 aliphatic carbocycles. The summed E-state index contributed by atoms with van der Waals surface area (Å²) < 4.78 is 0. The fourth-order valence-corrected chi connectivity index (χ4v) is 4.94. The fraction of sp³-hybridized carbons (Fsp3) is 0.944. The van der Waals surface area contributed by atoms with Gasteiger partial charge in [0, 0.05) is 24.9 Å². The van der Waals surface area contributed by atoms with Crippen LogP contribution in [0.2, 0.25) is 0 Å². The van der Waals surface area contributed by atoms with Gasteiger partial charge in [-0.25, -0.2) is 0 Å². The molecule has 0 N–H and O–H groups in total. The zero-order chi connectivity index (χ0) is 14.1. The number of hydrogen-bond acceptors (Lipinski definition) is 2. The number of likely N-dealkylation sites (tertiary alicyclic amines) is 1. The van der Waals surface area contributed by atoms with Crippen molar-refractivity contribution in [1.82, 2.24) is 4.90 Å². The molecule has 4 unspecified atom stereocenters. The molecule has 3 rings (SSSR count). The molecule has 0 amide bonds. The lowest BCUT2D eigenvalue weighted by Gasteiger charge is -2.36. The van der Waals surface area contributed by atoms with Crippen LogP contribution < -0.4 is 0 Å². The first-order chi connectivity index (χ1) is 9.65. The van der Waals surface area contributed by atoms with E-state index in [1.807, 2.05) is 0 Å². The smallest absolute Gasteiger partial charge is 0.137 e. The van der Waals surface area contributed by atoms with Gasteiger partial charge in [0.25, 0.3) is 0 Å². The zero-order valence-electron chi connectivity index (χ0n) is 13.3. The Bertz CT molecular complexity index is 351. The van der Waals surface area contributed by atoms with Crippen molar-refractivity contribution < 1.29 is 4.79 Å². The molecule has 2 nitrogen and oxygen atoms in total. The molecule has 114 valence electrons. The van der Waals surface area contributed by atoms with Crippen LogP contribution in [-0.2, 0) is 4.79 Å². The van der Waals surface area contributed by atoms with E-state index in [-0.39, 0.29) is 0 Å². The van der Waals surface area contributed by atoms with Crippen molar-refractivity contribution >= 4 is 5.78 Å². The fourth-order valence-electron chi connectivity index (χ4n) is 4.94. The van der Waals surface area contributed by atoms with Crippen molar-refractivity contribution in [2.24, 2.45) is 23.7 Å². The molecule has 0 aromatic heterocycles. The molecule has 1 heterocycles. The lowest BCUT2D eigenvalue weighted by molar-refractivity contribution is -0.126. The van der Waals surface area contributed by atoms with Gasteiger partial charge in [-0.3, -0.25) is 9.69 Å². The molecular formula is C18H31NO. The summed E-state index contributed by atoms with van der Waals surface area (Å²) in [5.41, 5.74) is 0. The lowest BCUT2D eigenvalue weighted by Crippen LogP contribution is -2.41. The molecule has 2 heteroatoms. The molecule has 1 saturated heterocycles. The minimum absolute atomic E-state index is 0.344. The average Bonchev–Trinajstić information content (AvgIpc) is 2.84. The molecule has 0 aromatic carbocycles. The monoisotopic (exact) mass is 277 g/mol. The predicted molar refractivity (Wildman–Crippen MR) is 82.6 cm³/mol. The van der Waals surface area contributed by atoms with Gasteiger partial charge in [0.2, 0.25) is 0 Å². The van der Waals surface area contributed by atoms with Crippen LogP contribution in [0.5, 0.6) is 0 Å². The van der Waals surface area contributed by atoms with Gasteiger partial charge in [-0.1, -0.05) is 26.7 Å². The normalized spacial score (nSPS) is 39.2. The summed E-state index contributed by atoms with van der Waals surface area (Å²) in [6, 6.07) is 0.816. The van der Waals surface area contributed by atoms with Gasteiger partial charge in [-0.05, 0) is 56.4 Å². The molecule has 4 atom stereocenters. The van der Waals surface area contributed by atoms with Crippen LogP contribution in [0.1, 0.15) is 65.2 Å². The molecule has 2 saturated carbocycles. The molecule has 0 spiro atoms. The molecule has 20 heavy (non-hydrogen) atoms. The Kier molecular flexibility index (Phi) is 4.49. The van der Waals surface area contributed by atoms with E-state index in [0.29, 0.717) is 11.7 Å². The van der Waals surface area contributed by atoms with Crippen LogP contribution in [-0.4, -0.2) is 29.8 Å². The predicted octanol–water partition coefficient (Wildman–Crippen LogP) is 3.89. The highest BCUT2D eigenvalue weighted by molar-refractivity contribution is 5.82. The van der Waals surface area contributed by atoms with Gasteiger partial charge in [-0.15, -0.1) is 0 Å². The van der Waals surface area contributed by atoms with E-state index in [4.69, 9.17) is 0 Å². The van der Waals surface area contributed by atoms with Crippen LogP contribution >= 0.6 is 0 Å². The summed E-state index contributed by atoms with van der Waals surface area (Å²) in [6.07, 6.45) is 10.2. The van der Waals surface area contributed by atoms with Gasteiger partial charge in [0.15, 0.2) is 0 Å². The van der Waals surface area contributed by atoms with Gasteiger partial charge < -0.3 is 0 Å². The van der Waals surface area contributed by atoms with E-state index in [0.717, 1.165) is 49.6 Å². The highest BCUT2D eigenvalue weighted by atomic mass is 16.1. The second-order valence-corrected chi connectivity index (χ2v) is 7.84. The summed E-state index contributed by atoms with van der Waals surface area (Å²) in [5.74, 6) is 3.37. The Balaban J connectivity index is 1.60. The number of ketones is 1. The lowest BCUT2D eigenvalue weighted by atomic mass is 9.75. The van der Waals surface area contributed by atoms with Crippen molar-refractivity contribution in [1.29, 1.82) is 0 Å². The Morgan fingerprint density at radius 2 is 1.95 bits per heavy atom. The van der Waals surface area contributed by atoms with E-state index in [2.05, 4.69) is 18.7 Å². The third kappa shape index (κ3) is 2.95.